The van der Waals surface area contributed by atoms with E-state index >= 15 is 0 Å². The van der Waals surface area contributed by atoms with Crippen molar-refractivity contribution in [1.29, 1.82) is 0 Å². The summed E-state index contributed by atoms with van der Waals surface area (Å²) in [4.78, 5) is 28.1. The van der Waals surface area contributed by atoms with Crippen molar-refractivity contribution in [3.05, 3.63) is 68.4 Å². The van der Waals surface area contributed by atoms with E-state index in [0.717, 1.165) is 5.56 Å². The molecule has 8 nitrogen and oxygen atoms in total. The lowest BCUT2D eigenvalue weighted by molar-refractivity contribution is 0.406. The predicted octanol–water partition coefficient (Wildman–Crippen LogP) is 2.52. The molecule has 10 heteroatoms. The standard InChI is InChI=1S/C20H20FN5O3S/c1-4-24-17(27)16-12(2)18(26-22-8-9-23-26)30-19(16)25(20(24)28)10-7-13-11-14(21)5-6-15(13)29-3/h5-6,8-9,11H,4,7,10H2,1-3H3. The molecule has 0 atom stereocenters. The highest BCUT2D eigenvalue weighted by Crippen LogP contribution is 2.30. The Hall–Kier alpha value is -3.27. The Labute approximate surface area is 174 Å². The minimum atomic E-state index is -0.397. The molecule has 0 amide bonds. The smallest absolute Gasteiger partial charge is 0.332 e. The molecule has 4 aromatic rings. The summed E-state index contributed by atoms with van der Waals surface area (Å²) in [5.41, 5.74) is 0.639. The van der Waals surface area contributed by atoms with Crippen molar-refractivity contribution in [2.75, 3.05) is 7.11 Å². The zero-order valence-corrected chi connectivity index (χ0v) is 17.6. The molecule has 0 radical (unpaired) electrons. The first-order valence-electron chi connectivity index (χ1n) is 9.42. The third-order valence-electron chi connectivity index (χ3n) is 5.03. The summed E-state index contributed by atoms with van der Waals surface area (Å²) in [6.07, 6.45) is 3.47. The number of nitrogens with zero attached hydrogens (tertiary/aromatic N) is 5. The summed E-state index contributed by atoms with van der Waals surface area (Å²) >= 11 is 1.29. The maximum absolute atomic E-state index is 13.7. The van der Waals surface area contributed by atoms with E-state index in [4.69, 9.17) is 4.74 Å². The van der Waals surface area contributed by atoms with Crippen LogP contribution in [-0.2, 0) is 19.5 Å². The first kappa shape index (κ1) is 20.0. The molecule has 4 rings (SSSR count). The van der Waals surface area contributed by atoms with E-state index in [1.54, 1.807) is 30.0 Å². The van der Waals surface area contributed by atoms with E-state index in [9.17, 15) is 14.0 Å². The van der Waals surface area contributed by atoms with Crippen LogP contribution >= 0.6 is 11.3 Å². The molecule has 0 aliphatic heterocycles. The van der Waals surface area contributed by atoms with Gasteiger partial charge in [-0.15, -0.1) is 4.80 Å². The predicted molar refractivity (Wildman–Crippen MR) is 112 cm³/mol. The molecule has 0 aliphatic rings. The minimum Gasteiger partial charge on any atom is -0.496 e. The second kappa shape index (κ2) is 7.86. The average Bonchev–Trinajstić information content (AvgIpc) is 3.36. The first-order valence-corrected chi connectivity index (χ1v) is 10.2. The Kier molecular flexibility index (Phi) is 5.25. The Morgan fingerprint density at radius 3 is 2.57 bits per heavy atom. The molecular formula is C20H20FN5O3S. The number of aryl methyl sites for hydroxylation is 3. The van der Waals surface area contributed by atoms with E-state index in [0.29, 0.717) is 33.0 Å². The lowest BCUT2D eigenvalue weighted by Crippen LogP contribution is -2.39. The highest BCUT2D eigenvalue weighted by molar-refractivity contribution is 7.21. The van der Waals surface area contributed by atoms with Gasteiger partial charge >= 0.3 is 5.69 Å². The van der Waals surface area contributed by atoms with E-state index in [1.807, 2.05) is 6.92 Å². The van der Waals surface area contributed by atoms with Crippen LogP contribution < -0.4 is 16.0 Å². The maximum atomic E-state index is 13.7. The number of hydrogen-bond acceptors (Lipinski definition) is 6. The highest BCUT2D eigenvalue weighted by atomic mass is 32.1. The maximum Gasteiger partial charge on any atom is 0.332 e. The van der Waals surface area contributed by atoms with Crippen LogP contribution in [0.4, 0.5) is 4.39 Å². The number of ether oxygens (including phenoxy) is 1. The molecule has 0 saturated heterocycles. The summed E-state index contributed by atoms with van der Waals surface area (Å²) in [6, 6.07) is 4.29. The number of aromatic nitrogens is 5. The number of thiophene rings is 1. The van der Waals surface area contributed by atoms with Crippen LogP contribution in [0.15, 0.2) is 40.2 Å². The van der Waals surface area contributed by atoms with Gasteiger partial charge in [0.15, 0.2) is 0 Å². The second-order valence-corrected chi connectivity index (χ2v) is 7.70. The van der Waals surface area contributed by atoms with Gasteiger partial charge in [0.05, 0.1) is 24.9 Å². The zero-order valence-electron chi connectivity index (χ0n) is 16.8. The molecule has 0 aliphatic carbocycles. The number of benzene rings is 1. The number of hydrogen-bond donors (Lipinski definition) is 0. The van der Waals surface area contributed by atoms with Crippen LogP contribution in [-0.4, -0.2) is 31.2 Å². The number of rotatable bonds is 6. The van der Waals surface area contributed by atoms with E-state index in [-0.39, 0.29) is 24.5 Å². The molecule has 0 spiro atoms. The summed E-state index contributed by atoms with van der Waals surface area (Å²) in [6.45, 7) is 4.10. The third kappa shape index (κ3) is 3.22. The average molecular weight is 429 g/mol. The van der Waals surface area contributed by atoms with Gasteiger partial charge in [0.25, 0.3) is 5.56 Å². The number of halogens is 1. The summed E-state index contributed by atoms with van der Waals surface area (Å²) < 4.78 is 21.8. The Bertz CT molecular complexity index is 1340. The van der Waals surface area contributed by atoms with Crippen LogP contribution in [0.1, 0.15) is 18.1 Å². The monoisotopic (exact) mass is 429 g/mol. The van der Waals surface area contributed by atoms with Crippen molar-refractivity contribution in [2.45, 2.75) is 33.4 Å². The normalized spacial score (nSPS) is 11.3. The minimum absolute atomic E-state index is 0.252. The van der Waals surface area contributed by atoms with Gasteiger partial charge in [0.2, 0.25) is 0 Å². The summed E-state index contributed by atoms with van der Waals surface area (Å²) in [5, 5.41) is 9.46. The molecule has 1 aromatic carbocycles. The van der Waals surface area contributed by atoms with Crippen LogP contribution in [0.2, 0.25) is 0 Å². The van der Waals surface area contributed by atoms with Gasteiger partial charge in [-0.1, -0.05) is 11.3 Å². The highest BCUT2D eigenvalue weighted by Gasteiger charge is 2.21. The summed E-state index contributed by atoms with van der Waals surface area (Å²) in [5.74, 6) is 0.175. The van der Waals surface area contributed by atoms with Crippen molar-refractivity contribution in [1.82, 2.24) is 24.1 Å². The molecular weight excluding hydrogens is 409 g/mol. The van der Waals surface area contributed by atoms with E-state index in [1.165, 1.54) is 39.9 Å². The van der Waals surface area contributed by atoms with Gasteiger partial charge in [-0.3, -0.25) is 13.9 Å². The van der Waals surface area contributed by atoms with E-state index < -0.39 is 5.69 Å². The lowest BCUT2D eigenvalue weighted by atomic mass is 10.1. The Morgan fingerprint density at radius 1 is 1.17 bits per heavy atom. The van der Waals surface area contributed by atoms with Crippen molar-refractivity contribution in [3.63, 3.8) is 0 Å². The van der Waals surface area contributed by atoms with Crippen LogP contribution in [0, 0.1) is 12.7 Å². The second-order valence-electron chi connectivity index (χ2n) is 6.72. The van der Waals surface area contributed by atoms with Crippen molar-refractivity contribution in [2.24, 2.45) is 0 Å². The quantitative estimate of drug-likeness (QED) is 0.470. The van der Waals surface area contributed by atoms with Crippen LogP contribution in [0.5, 0.6) is 5.75 Å². The lowest BCUT2D eigenvalue weighted by Gasteiger charge is -2.13. The zero-order chi connectivity index (χ0) is 21.4. The topological polar surface area (TPSA) is 83.9 Å². The van der Waals surface area contributed by atoms with Gasteiger partial charge in [0.1, 0.15) is 21.4 Å². The molecule has 3 aromatic heterocycles. The molecule has 0 unspecified atom stereocenters. The third-order valence-corrected chi connectivity index (χ3v) is 6.31. The molecule has 156 valence electrons. The molecule has 0 bridgehead atoms. The fourth-order valence-corrected chi connectivity index (χ4v) is 4.78. The van der Waals surface area contributed by atoms with Gasteiger partial charge < -0.3 is 4.74 Å². The molecule has 3 heterocycles. The molecule has 0 saturated carbocycles. The van der Waals surface area contributed by atoms with Gasteiger partial charge in [-0.25, -0.2) is 9.18 Å². The van der Waals surface area contributed by atoms with Gasteiger partial charge in [-0.2, -0.15) is 10.2 Å². The fourth-order valence-electron chi connectivity index (χ4n) is 3.55. The Balaban J connectivity index is 1.89. The molecule has 30 heavy (non-hydrogen) atoms. The van der Waals surface area contributed by atoms with E-state index in [2.05, 4.69) is 10.2 Å². The fraction of sp³-hybridized carbons (Fsp3) is 0.300. The number of methoxy groups -OCH3 is 1. The van der Waals surface area contributed by atoms with Crippen LogP contribution in [0.25, 0.3) is 15.2 Å². The van der Waals surface area contributed by atoms with Crippen LogP contribution in [0.3, 0.4) is 0 Å². The van der Waals surface area contributed by atoms with Crippen molar-refractivity contribution < 1.29 is 9.13 Å². The van der Waals surface area contributed by atoms with Crippen molar-refractivity contribution in [3.8, 4) is 10.8 Å². The van der Waals surface area contributed by atoms with Gasteiger partial charge in [0, 0.05) is 18.7 Å². The largest absolute Gasteiger partial charge is 0.496 e. The number of fused-ring (bicyclic) bond motifs is 1. The SMILES string of the molecule is CCn1c(=O)c2c(C)c(-n3nccn3)sc2n(CCc2cc(F)ccc2OC)c1=O. The molecule has 0 N–H and O–H groups in total. The van der Waals surface area contributed by atoms with Crippen molar-refractivity contribution >= 4 is 21.6 Å². The van der Waals surface area contributed by atoms with Gasteiger partial charge in [-0.05, 0) is 44.0 Å². The molecule has 0 fully saturated rings. The summed E-state index contributed by atoms with van der Waals surface area (Å²) in [7, 11) is 1.52. The first-order chi connectivity index (χ1) is 14.5. The Morgan fingerprint density at radius 2 is 1.90 bits per heavy atom.